The molecule has 0 aliphatic carbocycles. The van der Waals surface area contributed by atoms with Crippen molar-refractivity contribution >= 4 is 26.7 Å². The molecule has 3 rings (SSSR count). The molecule has 1 unspecified atom stereocenters. The first-order chi connectivity index (χ1) is 11.3. The van der Waals surface area contributed by atoms with E-state index in [1.54, 1.807) is 7.11 Å². The third-order valence-corrected chi connectivity index (χ3v) is 4.29. The third-order valence-electron chi connectivity index (χ3n) is 3.78. The maximum absolute atomic E-state index is 5.20. The van der Waals surface area contributed by atoms with Crippen molar-refractivity contribution < 1.29 is 4.74 Å². The van der Waals surface area contributed by atoms with Gasteiger partial charge in [0.05, 0.1) is 7.11 Å². The van der Waals surface area contributed by atoms with E-state index in [4.69, 9.17) is 4.74 Å². The van der Waals surface area contributed by atoms with E-state index >= 15 is 0 Å². The number of ether oxygens (including phenoxy) is 1. The standard InChI is InChI=1S/C21H19OP/c1-22-18-14-11-16(12-15-18)10-13-17-6-2-3-7-19(17)20-8-4-5-9-21(20)23/h2-15H,23H2,1H3. The predicted octanol–water partition coefficient (Wildman–Crippen LogP) is 5.03. The Bertz CT molecular complexity index is 819. The molecule has 0 N–H and O–H groups in total. The summed E-state index contributed by atoms with van der Waals surface area (Å²) in [6.07, 6.45) is 4.29. The van der Waals surface area contributed by atoms with Crippen molar-refractivity contribution in [3.63, 3.8) is 0 Å². The van der Waals surface area contributed by atoms with Gasteiger partial charge in [-0.15, -0.1) is 9.24 Å². The minimum atomic E-state index is 0.875. The van der Waals surface area contributed by atoms with Crippen LogP contribution in [0.4, 0.5) is 0 Å². The summed E-state index contributed by atoms with van der Waals surface area (Å²) in [5.74, 6) is 0.875. The molecule has 1 atom stereocenters. The molecule has 2 heteroatoms. The van der Waals surface area contributed by atoms with Crippen LogP contribution in [0.1, 0.15) is 11.1 Å². The molecule has 0 aliphatic heterocycles. The van der Waals surface area contributed by atoms with Crippen molar-refractivity contribution in [2.45, 2.75) is 0 Å². The molecule has 3 aromatic rings. The van der Waals surface area contributed by atoms with Crippen LogP contribution in [-0.4, -0.2) is 7.11 Å². The Morgan fingerprint density at radius 2 is 1.39 bits per heavy atom. The predicted molar refractivity (Wildman–Crippen MR) is 103 cm³/mol. The van der Waals surface area contributed by atoms with Crippen LogP contribution in [0.2, 0.25) is 0 Å². The molecule has 1 nitrogen and oxygen atoms in total. The lowest BCUT2D eigenvalue weighted by molar-refractivity contribution is 0.415. The fourth-order valence-corrected chi connectivity index (χ4v) is 2.89. The molecule has 0 aromatic heterocycles. The van der Waals surface area contributed by atoms with Gasteiger partial charge in [0.2, 0.25) is 0 Å². The molecule has 0 saturated heterocycles. The Hall–Kier alpha value is -2.37. The minimum absolute atomic E-state index is 0.875. The van der Waals surface area contributed by atoms with Crippen LogP contribution in [0.25, 0.3) is 23.3 Å². The minimum Gasteiger partial charge on any atom is -0.497 e. The zero-order valence-electron chi connectivity index (χ0n) is 13.1. The van der Waals surface area contributed by atoms with E-state index in [0.717, 1.165) is 11.3 Å². The number of benzene rings is 3. The second-order valence-electron chi connectivity index (χ2n) is 5.28. The molecule has 0 aliphatic rings. The first kappa shape index (κ1) is 15.5. The monoisotopic (exact) mass is 318 g/mol. The largest absolute Gasteiger partial charge is 0.497 e. The molecule has 0 saturated carbocycles. The van der Waals surface area contributed by atoms with Gasteiger partial charge in [0.1, 0.15) is 5.75 Å². The summed E-state index contributed by atoms with van der Waals surface area (Å²) in [6, 6.07) is 24.9. The first-order valence-electron chi connectivity index (χ1n) is 7.54. The molecular weight excluding hydrogens is 299 g/mol. The highest BCUT2D eigenvalue weighted by Crippen LogP contribution is 2.25. The summed E-state index contributed by atoms with van der Waals surface area (Å²) in [5.41, 5.74) is 4.84. The third kappa shape index (κ3) is 3.70. The molecule has 23 heavy (non-hydrogen) atoms. The summed E-state index contributed by atoms with van der Waals surface area (Å²) in [6.45, 7) is 0. The molecule has 0 radical (unpaired) electrons. The molecule has 3 aromatic carbocycles. The summed E-state index contributed by atoms with van der Waals surface area (Å²) in [7, 11) is 4.50. The van der Waals surface area contributed by atoms with Crippen LogP contribution >= 0.6 is 9.24 Å². The number of rotatable bonds is 4. The highest BCUT2D eigenvalue weighted by atomic mass is 31.0. The van der Waals surface area contributed by atoms with E-state index < -0.39 is 0 Å². The molecular formula is C21H19OP. The van der Waals surface area contributed by atoms with Crippen molar-refractivity contribution in [3.05, 3.63) is 83.9 Å². The van der Waals surface area contributed by atoms with Gasteiger partial charge in [0.25, 0.3) is 0 Å². The highest BCUT2D eigenvalue weighted by Gasteiger charge is 2.04. The van der Waals surface area contributed by atoms with Crippen LogP contribution in [0.15, 0.2) is 72.8 Å². The lowest BCUT2D eigenvalue weighted by Crippen LogP contribution is -1.96. The number of hydrogen-bond donors (Lipinski definition) is 0. The van der Waals surface area contributed by atoms with E-state index in [1.165, 1.54) is 22.0 Å². The number of methoxy groups -OCH3 is 1. The zero-order chi connectivity index (χ0) is 16.1. The van der Waals surface area contributed by atoms with Gasteiger partial charge in [-0.05, 0) is 39.7 Å². The van der Waals surface area contributed by atoms with Crippen LogP contribution in [-0.2, 0) is 0 Å². The highest BCUT2D eigenvalue weighted by molar-refractivity contribution is 7.28. The SMILES string of the molecule is COc1ccc(C=Cc2ccccc2-c2ccccc2P)cc1. The molecule has 114 valence electrons. The maximum atomic E-state index is 5.20. The van der Waals surface area contributed by atoms with Gasteiger partial charge in [0.15, 0.2) is 0 Å². The lowest BCUT2D eigenvalue weighted by atomic mass is 9.99. The second-order valence-corrected chi connectivity index (χ2v) is 5.90. The summed E-state index contributed by atoms with van der Waals surface area (Å²) in [4.78, 5) is 0. The average Bonchev–Trinajstić information content (AvgIpc) is 2.61. The van der Waals surface area contributed by atoms with Crippen LogP contribution in [0.5, 0.6) is 5.75 Å². The molecule has 0 amide bonds. The summed E-state index contributed by atoms with van der Waals surface area (Å²) >= 11 is 0. The Morgan fingerprint density at radius 1 is 0.739 bits per heavy atom. The van der Waals surface area contributed by atoms with E-state index in [0.29, 0.717) is 0 Å². The van der Waals surface area contributed by atoms with Crippen molar-refractivity contribution in [2.24, 2.45) is 0 Å². The van der Waals surface area contributed by atoms with Gasteiger partial charge in [-0.25, -0.2) is 0 Å². The van der Waals surface area contributed by atoms with Crippen molar-refractivity contribution in [3.8, 4) is 16.9 Å². The topological polar surface area (TPSA) is 9.23 Å². The van der Waals surface area contributed by atoms with E-state index in [-0.39, 0.29) is 0 Å². The van der Waals surface area contributed by atoms with Gasteiger partial charge in [-0.1, -0.05) is 72.8 Å². The smallest absolute Gasteiger partial charge is 0.118 e. The Morgan fingerprint density at radius 3 is 2.09 bits per heavy atom. The van der Waals surface area contributed by atoms with Gasteiger partial charge < -0.3 is 4.74 Å². The second kappa shape index (κ2) is 7.26. The lowest BCUT2D eigenvalue weighted by Gasteiger charge is -2.09. The Labute approximate surface area is 139 Å². The molecule has 0 fully saturated rings. The molecule has 0 heterocycles. The average molecular weight is 318 g/mol. The fourth-order valence-electron chi connectivity index (χ4n) is 2.53. The van der Waals surface area contributed by atoms with E-state index in [9.17, 15) is 0 Å². The summed E-state index contributed by atoms with van der Waals surface area (Å²) in [5, 5.41) is 1.21. The zero-order valence-corrected chi connectivity index (χ0v) is 14.2. The molecule has 0 bridgehead atoms. The summed E-state index contributed by atoms with van der Waals surface area (Å²) < 4.78 is 5.20. The van der Waals surface area contributed by atoms with Crippen LogP contribution < -0.4 is 10.0 Å². The van der Waals surface area contributed by atoms with Crippen molar-refractivity contribution in [1.29, 1.82) is 0 Å². The van der Waals surface area contributed by atoms with Crippen molar-refractivity contribution in [1.82, 2.24) is 0 Å². The van der Waals surface area contributed by atoms with Gasteiger partial charge >= 0.3 is 0 Å². The first-order valence-corrected chi connectivity index (χ1v) is 8.12. The quantitative estimate of drug-likeness (QED) is 0.484. The van der Waals surface area contributed by atoms with Crippen LogP contribution in [0, 0.1) is 0 Å². The van der Waals surface area contributed by atoms with Gasteiger partial charge in [-0.2, -0.15) is 0 Å². The van der Waals surface area contributed by atoms with Crippen LogP contribution in [0.3, 0.4) is 0 Å². The Balaban J connectivity index is 1.94. The normalized spacial score (nSPS) is 10.9. The number of hydrogen-bond acceptors (Lipinski definition) is 1. The van der Waals surface area contributed by atoms with Gasteiger partial charge in [-0.3, -0.25) is 0 Å². The van der Waals surface area contributed by atoms with E-state index in [2.05, 4.69) is 82.1 Å². The molecule has 0 spiro atoms. The van der Waals surface area contributed by atoms with Gasteiger partial charge in [0, 0.05) is 0 Å². The van der Waals surface area contributed by atoms with Crippen molar-refractivity contribution in [2.75, 3.05) is 7.11 Å². The maximum Gasteiger partial charge on any atom is 0.118 e. The van der Waals surface area contributed by atoms with E-state index in [1.807, 2.05) is 12.1 Å². The fraction of sp³-hybridized carbons (Fsp3) is 0.0476. The Kier molecular flexibility index (Phi) is 4.90.